The normalized spacial score (nSPS) is 16.5. The number of hydrogen-bond donors (Lipinski definition) is 2. The second-order valence-electron chi connectivity index (χ2n) is 6.06. The third-order valence-electron chi connectivity index (χ3n) is 3.38. The van der Waals surface area contributed by atoms with E-state index in [-0.39, 0.29) is 17.9 Å². The highest BCUT2D eigenvalue weighted by Crippen LogP contribution is 2.27. The Morgan fingerprint density at radius 2 is 2.11 bits per heavy atom. The molecule has 1 amide bonds. The lowest BCUT2D eigenvalue weighted by atomic mass is 9.90. The van der Waals surface area contributed by atoms with Crippen molar-refractivity contribution < 1.29 is 14.6 Å². The van der Waals surface area contributed by atoms with Gasteiger partial charge in [0.2, 0.25) is 5.91 Å². The van der Waals surface area contributed by atoms with Gasteiger partial charge in [-0.3, -0.25) is 4.79 Å². The molecule has 2 rings (SSSR count). The number of carbonyl (C=O) groups is 1. The van der Waals surface area contributed by atoms with Gasteiger partial charge in [-0.05, 0) is 35.6 Å². The summed E-state index contributed by atoms with van der Waals surface area (Å²) in [6.07, 6.45) is 0.740. The quantitative estimate of drug-likeness (QED) is 0.880. The fourth-order valence-electron chi connectivity index (χ4n) is 1.87. The number of nitrogens with one attached hydrogen (secondary N) is 1. The van der Waals surface area contributed by atoms with Crippen molar-refractivity contribution in [1.82, 2.24) is 0 Å². The summed E-state index contributed by atoms with van der Waals surface area (Å²) in [6.45, 7) is 6.20. The number of benzene rings is 1. The molecule has 1 atom stereocenters. The number of ether oxygens (including phenoxy) is 1. The molecule has 4 nitrogen and oxygen atoms in total. The third-order valence-corrected chi connectivity index (χ3v) is 3.38. The van der Waals surface area contributed by atoms with Crippen LogP contribution in [0.4, 0.5) is 5.69 Å². The van der Waals surface area contributed by atoms with E-state index in [4.69, 9.17) is 4.74 Å². The third kappa shape index (κ3) is 3.47. The molecular weight excluding hydrogens is 242 g/mol. The SMILES string of the molecule is CC(C)(C)C(O)COc1ccc2c(c1)CCC(=O)N2. The smallest absolute Gasteiger partial charge is 0.224 e. The molecule has 1 aliphatic heterocycles. The first kappa shape index (κ1) is 13.9. The summed E-state index contributed by atoms with van der Waals surface area (Å²) in [5.41, 5.74) is 1.75. The maximum absolute atomic E-state index is 11.3. The van der Waals surface area contributed by atoms with Crippen LogP contribution in [0.15, 0.2) is 18.2 Å². The van der Waals surface area contributed by atoms with Crippen LogP contribution in [0.3, 0.4) is 0 Å². The lowest BCUT2D eigenvalue weighted by molar-refractivity contribution is -0.116. The van der Waals surface area contributed by atoms with Crippen LogP contribution in [0.1, 0.15) is 32.8 Å². The average Bonchev–Trinajstić information content (AvgIpc) is 2.34. The van der Waals surface area contributed by atoms with Crippen molar-refractivity contribution in [2.75, 3.05) is 11.9 Å². The molecule has 0 fully saturated rings. The lowest BCUT2D eigenvalue weighted by Gasteiger charge is -2.26. The van der Waals surface area contributed by atoms with Gasteiger partial charge in [0.1, 0.15) is 12.4 Å². The fourth-order valence-corrected chi connectivity index (χ4v) is 1.87. The molecule has 4 heteroatoms. The Balaban J connectivity index is 2.01. The number of carbonyl (C=O) groups excluding carboxylic acids is 1. The highest BCUT2D eigenvalue weighted by molar-refractivity contribution is 5.93. The molecule has 1 unspecified atom stereocenters. The molecule has 104 valence electrons. The zero-order valence-corrected chi connectivity index (χ0v) is 11.7. The van der Waals surface area contributed by atoms with Gasteiger partial charge in [-0.1, -0.05) is 20.8 Å². The van der Waals surface area contributed by atoms with Crippen LogP contribution in [-0.2, 0) is 11.2 Å². The first-order valence-corrected chi connectivity index (χ1v) is 6.60. The van der Waals surface area contributed by atoms with Gasteiger partial charge < -0.3 is 15.2 Å². The molecule has 19 heavy (non-hydrogen) atoms. The molecule has 1 aliphatic rings. The predicted molar refractivity (Wildman–Crippen MR) is 74.3 cm³/mol. The summed E-state index contributed by atoms with van der Waals surface area (Å²) >= 11 is 0. The monoisotopic (exact) mass is 263 g/mol. The average molecular weight is 263 g/mol. The Labute approximate surface area is 113 Å². The number of rotatable bonds is 3. The van der Waals surface area contributed by atoms with E-state index in [1.165, 1.54) is 0 Å². The number of aliphatic hydroxyl groups excluding tert-OH is 1. The molecule has 0 saturated heterocycles. The van der Waals surface area contributed by atoms with Crippen LogP contribution in [0.5, 0.6) is 5.75 Å². The van der Waals surface area contributed by atoms with Crippen LogP contribution in [0.2, 0.25) is 0 Å². The van der Waals surface area contributed by atoms with E-state index in [1.54, 1.807) is 0 Å². The molecular formula is C15H21NO3. The summed E-state index contributed by atoms with van der Waals surface area (Å²) < 4.78 is 5.62. The first-order valence-electron chi connectivity index (χ1n) is 6.60. The van der Waals surface area contributed by atoms with E-state index in [0.717, 1.165) is 23.4 Å². The number of aliphatic hydroxyl groups is 1. The topological polar surface area (TPSA) is 58.6 Å². The summed E-state index contributed by atoms with van der Waals surface area (Å²) in [5.74, 6) is 0.794. The standard InChI is InChI=1S/C15H21NO3/c1-15(2,3)13(17)9-19-11-5-6-12-10(8-11)4-7-14(18)16-12/h5-6,8,13,17H,4,7,9H2,1-3H3,(H,16,18). The molecule has 0 bridgehead atoms. The number of fused-ring (bicyclic) bond motifs is 1. The summed E-state index contributed by atoms with van der Waals surface area (Å²) in [5, 5.41) is 12.8. The molecule has 0 saturated carbocycles. The second-order valence-corrected chi connectivity index (χ2v) is 6.06. The second kappa shape index (κ2) is 5.21. The van der Waals surface area contributed by atoms with Crippen LogP contribution in [0, 0.1) is 5.41 Å². The van der Waals surface area contributed by atoms with Crippen molar-refractivity contribution >= 4 is 11.6 Å². The van der Waals surface area contributed by atoms with E-state index in [2.05, 4.69) is 5.32 Å². The Bertz CT molecular complexity index is 477. The van der Waals surface area contributed by atoms with E-state index >= 15 is 0 Å². The molecule has 1 aromatic carbocycles. The molecule has 2 N–H and O–H groups in total. The van der Waals surface area contributed by atoms with Crippen LogP contribution in [0.25, 0.3) is 0 Å². The Hall–Kier alpha value is -1.55. The van der Waals surface area contributed by atoms with Gasteiger partial charge in [-0.2, -0.15) is 0 Å². The Morgan fingerprint density at radius 1 is 1.37 bits per heavy atom. The molecule has 1 aromatic rings. The van der Waals surface area contributed by atoms with E-state index in [1.807, 2.05) is 39.0 Å². The molecule has 0 spiro atoms. The number of anilines is 1. The number of amides is 1. The van der Waals surface area contributed by atoms with E-state index in [9.17, 15) is 9.90 Å². The van der Waals surface area contributed by atoms with Gasteiger partial charge in [0.15, 0.2) is 0 Å². The van der Waals surface area contributed by atoms with E-state index < -0.39 is 6.10 Å². The van der Waals surface area contributed by atoms with Crippen molar-refractivity contribution in [1.29, 1.82) is 0 Å². The zero-order valence-electron chi connectivity index (χ0n) is 11.7. The van der Waals surface area contributed by atoms with Crippen LogP contribution < -0.4 is 10.1 Å². The van der Waals surface area contributed by atoms with Gasteiger partial charge in [-0.25, -0.2) is 0 Å². The summed E-state index contributed by atoms with van der Waals surface area (Å²) in [6, 6.07) is 5.61. The number of aryl methyl sites for hydroxylation is 1. The zero-order chi connectivity index (χ0) is 14.0. The first-order chi connectivity index (χ1) is 8.86. The van der Waals surface area contributed by atoms with Crippen LogP contribution in [-0.4, -0.2) is 23.7 Å². The lowest BCUT2D eigenvalue weighted by Crippen LogP contribution is -2.32. The van der Waals surface area contributed by atoms with Gasteiger partial charge in [0, 0.05) is 12.1 Å². The largest absolute Gasteiger partial charge is 0.491 e. The van der Waals surface area contributed by atoms with Gasteiger partial charge in [0.25, 0.3) is 0 Å². The fraction of sp³-hybridized carbons (Fsp3) is 0.533. The van der Waals surface area contributed by atoms with Gasteiger partial charge >= 0.3 is 0 Å². The predicted octanol–water partition coefficient (Wildman–Crippen LogP) is 2.36. The molecule has 1 heterocycles. The molecule has 0 aliphatic carbocycles. The van der Waals surface area contributed by atoms with Crippen molar-refractivity contribution in [3.05, 3.63) is 23.8 Å². The molecule has 0 aromatic heterocycles. The minimum absolute atomic E-state index is 0.0596. The Morgan fingerprint density at radius 3 is 2.79 bits per heavy atom. The highest BCUT2D eigenvalue weighted by atomic mass is 16.5. The number of hydrogen-bond acceptors (Lipinski definition) is 3. The van der Waals surface area contributed by atoms with Crippen LogP contribution >= 0.6 is 0 Å². The van der Waals surface area contributed by atoms with Gasteiger partial charge in [-0.15, -0.1) is 0 Å². The van der Waals surface area contributed by atoms with E-state index in [0.29, 0.717) is 6.42 Å². The minimum Gasteiger partial charge on any atom is -0.491 e. The van der Waals surface area contributed by atoms with Crippen molar-refractivity contribution in [3.8, 4) is 5.75 Å². The van der Waals surface area contributed by atoms with Crippen molar-refractivity contribution in [2.24, 2.45) is 5.41 Å². The summed E-state index contributed by atoms with van der Waals surface area (Å²) in [4.78, 5) is 11.3. The van der Waals surface area contributed by atoms with Crippen molar-refractivity contribution in [3.63, 3.8) is 0 Å². The Kier molecular flexibility index (Phi) is 3.80. The molecule has 0 radical (unpaired) electrons. The highest BCUT2D eigenvalue weighted by Gasteiger charge is 2.23. The van der Waals surface area contributed by atoms with Crippen molar-refractivity contribution in [2.45, 2.75) is 39.7 Å². The maximum atomic E-state index is 11.3. The van der Waals surface area contributed by atoms with Gasteiger partial charge in [0.05, 0.1) is 6.10 Å². The minimum atomic E-state index is -0.511. The summed E-state index contributed by atoms with van der Waals surface area (Å²) in [7, 11) is 0. The maximum Gasteiger partial charge on any atom is 0.224 e.